The number of halogens is 3. The number of H-pyrrole nitrogens is 1. The van der Waals surface area contributed by atoms with Crippen LogP contribution in [0.15, 0.2) is 24.4 Å². The summed E-state index contributed by atoms with van der Waals surface area (Å²) < 4.78 is 38.2. The lowest BCUT2D eigenvalue weighted by Gasteiger charge is -2.23. The van der Waals surface area contributed by atoms with Crippen LogP contribution < -0.4 is 4.90 Å². The molecule has 2 aromatic rings. The zero-order valence-corrected chi connectivity index (χ0v) is 11.8. The van der Waals surface area contributed by atoms with E-state index in [1.165, 1.54) is 12.3 Å². The van der Waals surface area contributed by atoms with Gasteiger partial charge in [-0.2, -0.15) is 33.8 Å². The van der Waals surface area contributed by atoms with Crippen LogP contribution in [0.3, 0.4) is 0 Å². The standard InChI is InChI=1S/C14H12F3N5O/c15-14(16,17)10-1-2-11(9(5-10)6-18)22-4-3-13(23,8-22)12-7-19-21-20-12/h1-2,5,7,23H,3-4,8H2,(H,19,20,21)/t13-/m1/s1. The van der Waals surface area contributed by atoms with Gasteiger partial charge >= 0.3 is 6.18 Å². The van der Waals surface area contributed by atoms with E-state index in [2.05, 4.69) is 15.4 Å². The van der Waals surface area contributed by atoms with Gasteiger partial charge in [-0.25, -0.2) is 0 Å². The van der Waals surface area contributed by atoms with Gasteiger partial charge in [-0.3, -0.25) is 0 Å². The molecular weight excluding hydrogens is 311 g/mol. The number of nitriles is 1. The van der Waals surface area contributed by atoms with Crippen molar-refractivity contribution in [2.75, 3.05) is 18.0 Å². The lowest BCUT2D eigenvalue weighted by Crippen LogP contribution is -2.31. The van der Waals surface area contributed by atoms with E-state index >= 15 is 0 Å². The third-order valence-corrected chi connectivity index (χ3v) is 3.92. The Morgan fingerprint density at radius 1 is 1.39 bits per heavy atom. The average Bonchev–Trinajstić information content (AvgIpc) is 3.16. The van der Waals surface area contributed by atoms with Crippen molar-refractivity contribution < 1.29 is 18.3 Å². The van der Waals surface area contributed by atoms with Gasteiger partial charge in [-0.1, -0.05) is 0 Å². The molecule has 120 valence electrons. The number of nitrogens with zero attached hydrogens (tertiary/aromatic N) is 4. The molecule has 2 N–H and O–H groups in total. The van der Waals surface area contributed by atoms with Crippen molar-refractivity contribution >= 4 is 5.69 Å². The molecule has 1 aromatic carbocycles. The average molecular weight is 323 g/mol. The molecule has 0 amide bonds. The Labute approximate surface area is 129 Å². The number of rotatable bonds is 2. The topological polar surface area (TPSA) is 88.8 Å². The van der Waals surface area contributed by atoms with Gasteiger partial charge < -0.3 is 10.0 Å². The third-order valence-electron chi connectivity index (χ3n) is 3.92. The summed E-state index contributed by atoms with van der Waals surface area (Å²) >= 11 is 0. The number of aromatic amines is 1. The summed E-state index contributed by atoms with van der Waals surface area (Å²) in [5.41, 5.74) is -1.47. The molecule has 3 rings (SSSR count). The van der Waals surface area contributed by atoms with Crippen LogP contribution in [-0.4, -0.2) is 33.6 Å². The fraction of sp³-hybridized carbons (Fsp3) is 0.357. The second-order valence-electron chi connectivity index (χ2n) is 5.40. The quantitative estimate of drug-likeness (QED) is 0.879. The number of benzene rings is 1. The number of anilines is 1. The minimum absolute atomic E-state index is 0.0794. The van der Waals surface area contributed by atoms with Gasteiger partial charge in [0.1, 0.15) is 17.4 Å². The maximum Gasteiger partial charge on any atom is 0.416 e. The summed E-state index contributed by atoms with van der Waals surface area (Å²) in [7, 11) is 0. The lowest BCUT2D eigenvalue weighted by molar-refractivity contribution is -0.137. The lowest BCUT2D eigenvalue weighted by atomic mass is 10.00. The monoisotopic (exact) mass is 323 g/mol. The zero-order chi connectivity index (χ0) is 16.7. The Balaban J connectivity index is 1.90. The highest BCUT2D eigenvalue weighted by atomic mass is 19.4. The maximum absolute atomic E-state index is 12.7. The van der Waals surface area contributed by atoms with Crippen molar-refractivity contribution in [1.29, 1.82) is 5.26 Å². The molecule has 0 saturated carbocycles. The first-order valence-electron chi connectivity index (χ1n) is 6.78. The van der Waals surface area contributed by atoms with Crippen LogP contribution in [0.4, 0.5) is 18.9 Å². The molecule has 23 heavy (non-hydrogen) atoms. The van der Waals surface area contributed by atoms with Crippen LogP contribution in [-0.2, 0) is 11.8 Å². The van der Waals surface area contributed by atoms with Gasteiger partial charge in [-0.15, -0.1) is 0 Å². The van der Waals surface area contributed by atoms with Crippen molar-refractivity contribution in [3.05, 3.63) is 41.2 Å². The molecule has 1 fully saturated rings. The largest absolute Gasteiger partial charge is 0.416 e. The van der Waals surface area contributed by atoms with E-state index < -0.39 is 17.3 Å². The molecule has 1 aromatic heterocycles. The SMILES string of the molecule is N#Cc1cc(C(F)(F)F)ccc1N1CC[C@](O)(c2cn[nH]n2)C1. The van der Waals surface area contributed by atoms with Gasteiger partial charge in [-0.05, 0) is 18.2 Å². The fourth-order valence-corrected chi connectivity index (χ4v) is 2.71. The Kier molecular flexibility index (Phi) is 3.49. The number of hydrogen-bond acceptors (Lipinski definition) is 5. The first kappa shape index (κ1) is 15.3. The summed E-state index contributed by atoms with van der Waals surface area (Å²) in [5.74, 6) is 0. The predicted molar refractivity (Wildman–Crippen MR) is 73.3 cm³/mol. The minimum Gasteiger partial charge on any atom is -0.381 e. The highest BCUT2D eigenvalue weighted by Crippen LogP contribution is 2.37. The number of alkyl halides is 3. The Hall–Kier alpha value is -2.60. The summed E-state index contributed by atoms with van der Waals surface area (Å²) in [6.07, 6.45) is -2.76. The van der Waals surface area contributed by atoms with E-state index in [0.717, 1.165) is 12.1 Å². The van der Waals surface area contributed by atoms with E-state index in [1.807, 2.05) is 0 Å². The number of hydrogen-bond donors (Lipinski definition) is 2. The highest BCUT2D eigenvalue weighted by molar-refractivity contribution is 5.61. The van der Waals surface area contributed by atoms with E-state index in [9.17, 15) is 18.3 Å². The fourth-order valence-electron chi connectivity index (χ4n) is 2.71. The molecule has 1 saturated heterocycles. The van der Waals surface area contributed by atoms with Crippen molar-refractivity contribution in [2.24, 2.45) is 0 Å². The van der Waals surface area contributed by atoms with Gasteiger partial charge in [0, 0.05) is 13.0 Å². The molecule has 2 heterocycles. The summed E-state index contributed by atoms with van der Waals surface area (Å²) in [6.45, 7) is 0.517. The van der Waals surface area contributed by atoms with Crippen LogP contribution in [0.25, 0.3) is 0 Å². The Bertz CT molecular complexity index is 753. The van der Waals surface area contributed by atoms with E-state index in [0.29, 0.717) is 24.3 Å². The molecule has 0 aliphatic carbocycles. The molecule has 0 spiro atoms. The molecule has 1 atom stereocenters. The molecule has 1 aliphatic heterocycles. The van der Waals surface area contributed by atoms with Crippen LogP contribution in [0, 0.1) is 11.3 Å². The molecular formula is C14H12F3N5O. The smallest absolute Gasteiger partial charge is 0.381 e. The Morgan fingerprint density at radius 2 is 2.17 bits per heavy atom. The third kappa shape index (κ3) is 2.73. The van der Waals surface area contributed by atoms with Crippen LogP contribution in [0.2, 0.25) is 0 Å². The Morgan fingerprint density at radius 3 is 2.78 bits per heavy atom. The predicted octanol–water partition coefficient (Wildman–Crippen LogP) is 1.79. The summed E-state index contributed by atoms with van der Waals surface area (Å²) in [4.78, 5) is 1.67. The number of aliphatic hydroxyl groups is 1. The molecule has 0 radical (unpaired) electrons. The van der Waals surface area contributed by atoms with E-state index in [-0.39, 0.29) is 12.1 Å². The first-order chi connectivity index (χ1) is 10.8. The highest BCUT2D eigenvalue weighted by Gasteiger charge is 2.41. The van der Waals surface area contributed by atoms with Crippen molar-refractivity contribution in [3.63, 3.8) is 0 Å². The van der Waals surface area contributed by atoms with Gasteiger partial charge in [0.2, 0.25) is 0 Å². The van der Waals surface area contributed by atoms with Crippen LogP contribution >= 0.6 is 0 Å². The van der Waals surface area contributed by atoms with Gasteiger partial charge in [0.25, 0.3) is 0 Å². The number of aromatic nitrogens is 3. The first-order valence-corrected chi connectivity index (χ1v) is 6.78. The molecule has 9 heteroatoms. The van der Waals surface area contributed by atoms with Crippen LogP contribution in [0.1, 0.15) is 23.2 Å². The van der Waals surface area contributed by atoms with Crippen molar-refractivity contribution in [2.45, 2.75) is 18.2 Å². The normalized spacial score (nSPS) is 21.4. The van der Waals surface area contributed by atoms with Crippen molar-refractivity contribution in [1.82, 2.24) is 15.4 Å². The molecule has 1 aliphatic rings. The maximum atomic E-state index is 12.7. The van der Waals surface area contributed by atoms with E-state index in [1.54, 1.807) is 11.0 Å². The summed E-state index contributed by atoms with van der Waals surface area (Å²) in [6, 6.07) is 4.81. The van der Waals surface area contributed by atoms with Crippen LogP contribution in [0.5, 0.6) is 0 Å². The molecule has 6 nitrogen and oxygen atoms in total. The minimum atomic E-state index is -4.50. The second-order valence-corrected chi connectivity index (χ2v) is 5.40. The molecule has 0 bridgehead atoms. The zero-order valence-electron chi connectivity index (χ0n) is 11.8. The van der Waals surface area contributed by atoms with E-state index in [4.69, 9.17) is 5.26 Å². The molecule has 0 unspecified atom stereocenters. The summed E-state index contributed by atoms with van der Waals surface area (Å²) in [5, 5.41) is 29.7. The second kappa shape index (κ2) is 5.24. The van der Waals surface area contributed by atoms with Gasteiger partial charge in [0.05, 0.1) is 29.6 Å². The number of nitrogens with one attached hydrogen (secondary N) is 1. The van der Waals surface area contributed by atoms with Gasteiger partial charge in [0.15, 0.2) is 0 Å². The number of β-amino-alcohol motifs (C(OH)–C–C–N with tert-alkyl or cyclic N) is 1. The van der Waals surface area contributed by atoms with Crippen molar-refractivity contribution in [3.8, 4) is 6.07 Å².